The maximum atomic E-state index is 5.14. The van der Waals surface area contributed by atoms with Gasteiger partial charge in [-0.1, -0.05) is 41.5 Å². The first-order valence-corrected chi connectivity index (χ1v) is 11.5. The lowest BCUT2D eigenvalue weighted by atomic mass is 9.70. The number of aromatic nitrogens is 6. The first kappa shape index (κ1) is 19.6. The predicted octanol–water partition coefficient (Wildman–Crippen LogP) is 5.88. The highest BCUT2D eigenvalue weighted by atomic mass is 15.2. The Morgan fingerprint density at radius 1 is 1.00 bits per heavy atom. The van der Waals surface area contributed by atoms with Gasteiger partial charge in [-0.3, -0.25) is 15.2 Å². The van der Waals surface area contributed by atoms with E-state index in [-0.39, 0.29) is 16.2 Å². The van der Waals surface area contributed by atoms with E-state index in [1.54, 1.807) is 0 Å². The second-order valence-corrected chi connectivity index (χ2v) is 11.4. The Morgan fingerprint density at radius 2 is 1.81 bits per heavy atom. The second kappa shape index (κ2) is 6.06. The molecule has 0 spiro atoms. The molecule has 32 heavy (non-hydrogen) atoms. The van der Waals surface area contributed by atoms with E-state index in [2.05, 4.69) is 74.0 Å². The summed E-state index contributed by atoms with van der Waals surface area (Å²) in [5.41, 5.74) is 7.68. The molecule has 2 N–H and O–H groups in total. The summed E-state index contributed by atoms with van der Waals surface area (Å²) in [6.07, 6.45) is 6.15. The lowest BCUT2D eigenvalue weighted by molar-refractivity contribution is 0.225. The van der Waals surface area contributed by atoms with Crippen molar-refractivity contribution in [3.63, 3.8) is 0 Å². The minimum absolute atomic E-state index is 0.00186. The second-order valence-electron chi connectivity index (χ2n) is 11.4. The number of pyridine rings is 2. The number of nitrogens with zero attached hydrogens (tertiary/aromatic N) is 4. The van der Waals surface area contributed by atoms with Crippen molar-refractivity contribution in [1.82, 2.24) is 30.4 Å². The molecule has 6 heteroatoms. The van der Waals surface area contributed by atoms with Crippen molar-refractivity contribution >= 4 is 10.8 Å². The average Bonchev–Trinajstić information content (AvgIpc) is 3.48. The van der Waals surface area contributed by atoms with Crippen molar-refractivity contribution in [1.29, 1.82) is 0 Å². The molecule has 1 fully saturated rings. The van der Waals surface area contributed by atoms with Crippen LogP contribution in [0.25, 0.3) is 33.5 Å². The van der Waals surface area contributed by atoms with E-state index >= 15 is 0 Å². The number of H-pyrrole nitrogens is 2. The number of rotatable bonds is 2. The summed E-state index contributed by atoms with van der Waals surface area (Å²) in [6.45, 7) is 13.7. The monoisotopic (exact) mass is 426 g/mol. The first-order valence-electron chi connectivity index (χ1n) is 11.5. The maximum Gasteiger partial charge on any atom is 0.115 e. The number of aromatic amines is 2. The quantitative estimate of drug-likeness (QED) is 0.419. The molecule has 0 saturated heterocycles. The van der Waals surface area contributed by atoms with E-state index in [1.807, 2.05) is 18.5 Å². The van der Waals surface area contributed by atoms with Gasteiger partial charge in [0.2, 0.25) is 0 Å². The minimum Gasteiger partial charge on any atom is -0.281 e. The molecule has 4 aromatic heterocycles. The molecular weight excluding hydrogens is 396 g/mol. The van der Waals surface area contributed by atoms with E-state index < -0.39 is 0 Å². The lowest BCUT2D eigenvalue weighted by Crippen LogP contribution is -2.32. The summed E-state index contributed by atoms with van der Waals surface area (Å²) >= 11 is 0. The Hall–Kier alpha value is -3.02. The number of hydrogen-bond donors (Lipinski definition) is 2. The average molecular weight is 427 g/mol. The Labute approximate surface area is 188 Å². The Kier molecular flexibility index (Phi) is 3.72. The Balaban J connectivity index is 1.58. The highest BCUT2D eigenvalue weighted by Crippen LogP contribution is 2.68. The van der Waals surface area contributed by atoms with Gasteiger partial charge < -0.3 is 0 Å². The van der Waals surface area contributed by atoms with Gasteiger partial charge in [-0.2, -0.15) is 10.2 Å². The fourth-order valence-electron chi connectivity index (χ4n) is 5.98. The fourth-order valence-corrected chi connectivity index (χ4v) is 5.98. The number of nitrogens with one attached hydrogen (secondary N) is 2. The van der Waals surface area contributed by atoms with Gasteiger partial charge in [0.15, 0.2) is 0 Å². The van der Waals surface area contributed by atoms with Crippen molar-refractivity contribution in [2.75, 3.05) is 0 Å². The van der Waals surface area contributed by atoms with Crippen molar-refractivity contribution < 1.29 is 0 Å². The Bertz CT molecular complexity index is 1370. The van der Waals surface area contributed by atoms with Crippen molar-refractivity contribution in [2.45, 2.75) is 71.1 Å². The van der Waals surface area contributed by atoms with Gasteiger partial charge in [-0.05, 0) is 47.8 Å². The van der Waals surface area contributed by atoms with Gasteiger partial charge in [0.25, 0.3) is 0 Å². The summed E-state index contributed by atoms with van der Waals surface area (Å²) in [7, 11) is 0. The van der Waals surface area contributed by atoms with Gasteiger partial charge in [-0.25, -0.2) is 4.98 Å². The largest absolute Gasteiger partial charge is 0.281 e. The number of fused-ring (bicyclic) bond motifs is 6. The molecule has 4 aromatic rings. The molecular formula is C26H30N6. The third-order valence-electron chi connectivity index (χ3n) is 8.44. The summed E-state index contributed by atoms with van der Waals surface area (Å²) in [5.74, 6) is 0.492. The fraction of sp³-hybridized carbons (Fsp3) is 0.462. The molecule has 164 valence electrons. The number of hydrogen-bond acceptors (Lipinski definition) is 4. The molecule has 6 rings (SSSR count). The summed E-state index contributed by atoms with van der Waals surface area (Å²) in [5, 5.41) is 18.2. The normalized spacial score (nSPS) is 23.8. The van der Waals surface area contributed by atoms with Gasteiger partial charge >= 0.3 is 0 Å². The third kappa shape index (κ3) is 2.41. The van der Waals surface area contributed by atoms with Crippen molar-refractivity contribution in [3.05, 3.63) is 47.5 Å². The van der Waals surface area contributed by atoms with Crippen LogP contribution >= 0.6 is 0 Å². The topological polar surface area (TPSA) is 83.1 Å². The maximum absolute atomic E-state index is 5.14. The Morgan fingerprint density at radius 3 is 2.56 bits per heavy atom. The van der Waals surface area contributed by atoms with Crippen LogP contribution in [0.15, 0.2) is 30.6 Å². The van der Waals surface area contributed by atoms with Crippen LogP contribution in [0, 0.1) is 5.41 Å². The van der Waals surface area contributed by atoms with Crippen molar-refractivity contribution in [3.8, 4) is 22.8 Å². The molecule has 0 aliphatic heterocycles. The van der Waals surface area contributed by atoms with E-state index in [0.717, 1.165) is 39.2 Å². The van der Waals surface area contributed by atoms with Gasteiger partial charge in [-0.15, -0.1) is 0 Å². The summed E-state index contributed by atoms with van der Waals surface area (Å²) in [4.78, 5) is 9.54. The molecule has 1 saturated carbocycles. The smallest absolute Gasteiger partial charge is 0.115 e. The highest BCUT2D eigenvalue weighted by molar-refractivity contribution is 5.96. The molecule has 0 amide bonds. The van der Waals surface area contributed by atoms with Crippen molar-refractivity contribution in [2.24, 2.45) is 5.41 Å². The van der Waals surface area contributed by atoms with E-state index in [0.29, 0.717) is 5.92 Å². The SMILES string of the molecule is CC(C)(C)c1cc(-c2cc3ccncc3c(-c3n[nH]c4c3C3CCC4(C)C3(C)C)n2)n[nH]1. The molecule has 2 bridgehead atoms. The van der Waals surface area contributed by atoms with E-state index in [9.17, 15) is 0 Å². The molecule has 0 aromatic carbocycles. The minimum atomic E-state index is -0.00186. The molecule has 2 aliphatic carbocycles. The molecule has 6 nitrogen and oxygen atoms in total. The van der Waals surface area contributed by atoms with Crippen LogP contribution in [-0.2, 0) is 10.8 Å². The summed E-state index contributed by atoms with van der Waals surface area (Å²) < 4.78 is 0. The van der Waals surface area contributed by atoms with Gasteiger partial charge in [0, 0.05) is 45.6 Å². The molecule has 4 heterocycles. The lowest BCUT2D eigenvalue weighted by Gasteiger charge is -2.34. The zero-order valence-electron chi connectivity index (χ0n) is 19.7. The standard InChI is InChI=1S/C26H30N6/c1-24(2,3)19-12-18(29-30-19)17-11-14-8-10-27-13-15(14)21(28-17)22-20-16-7-9-26(6,25(16,4)5)23(20)32-31-22/h8,10-13,16H,7,9H2,1-6H3,(H,29,30)(H,31,32). The molecule has 2 unspecified atom stereocenters. The molecule has 2 aliphatic rings. The van der Waals surface area contributed by atoms with Gasteiger partial charge in [0.05, 0.1) is 5.69 Å². The van der Waals surface area contributed by atoms with Crippen LogP contribution in [0.4, 0.5) is 0 Å². The van der Waals surface area contributed by atoms with Crippen LogP contribution in [0.1, 0.15) is 77.3 Å². The summed E-state index contributed by atoms with van der Waals surface area (Å²) in [6, 6.07) is 6.26. The van der Waals surface area contributed by atoms with Gasteiger partial charge in [0.1, 0.15) is 17.1 Å². The zero-order chi connectivity index (χ0) is 22.5. The molecule has 0 radical (unpaired) electrons. The zero-order valence-corrected chi connectivity index (χ0v) is 19.7. The predicted molar refractivity (Wildman–Crippen MR) is 127 cm³/mol. The third-order valence-corrected chi connectivity index (χ3v) is 8.44. The highest BCUT2D eigenvalue weighted by Gasteiger charge is 2.61. The first-order chi connectivity index (χ1) is 15.1. The van der Waals surface area contributed by atoms with E-state index in [4.69, 9.17) is 10.1 Å². The molecule has 2 atom stereocenters. The van der Waals surface area contributed by atoms with Crippen LogP contribution in [0.5, 0.6) is 0 Å². The van der Waals surface area contributed by atoms with Crippen LogP contribution in [0.2, 0.25) is 0 Å². The van der Waals surface area contributed by atoms with E-state index in [1.165, 1.54) is 24.1 Å². The van der Waals surface area contributed by atoms with Crippen LogP contribution in [-0.4, -0.2) is 30.4 Å². The van der Waals surface area contributed by atoms with Crippen LogP contribution in [0.3, 0.4) is 0 Å². The van der Waals surface area contributed by atoms with Crippen LogP contribution < -0.4 is 0 Å².